The fourth-order valence-corrected chi connectivity index (χ4v) is 19.0. The number of rotatable bonds is 8. The molecule has 1 nitrogen and oxygen atoms in total. The van der Waals surface area contributed by atoms with Crippen LogP contribution in [0.25, 0.3) is 33.4 Å². The van der Waals surface area contributed by atoms with Gasteiger partial charge in [0.1, 0.15) is 0 Å². The minimum Gasteiger partial charge on any atom is -0.309 e. The van der Waals surface area contributed by atoms with Gasteiger partial charge >= 0.3 is 0 Å². The third-order valence-electron chi connectivity index (χ3n) is 18.3. The summed E-state index contributed by atoms with van der Waals surface area (Å²) in [5, 5.41) is 2.94. The Morgan fingerprint density at radius 2 is 0.985 bits per heavy atom. The van der Waals surface area contributed by atoms with Crippen LogP contribution < -0.4 is 15.9 Å². The molecule has 8 aromatic rings. The van der Waals surface area contributed by atoms with Crippen molar-refractivity contribution in [2.45, 2.75) is 90.4 Å². The van der Waals surface area contributed by atoms with Gasteiger partial charge in [0.2, 0.25) is 0 Å². The predicted molar refractivity (Wildman–Crippen MR) is 280 cm³/mol. The summed E-state index contributed by atoms with van der Waals surface area (Å²) in [7, 11) is -2.94. The Morgan fingerprint density at radius 3 is 1.57 bits per heavy atom. The number of fused-ring (bicyclic) bond motifs is 4. The lowest BCUT2D eigenvalue weighted by Crippen LogP contribution is -2.69. The summed E-state index contributed by atoms with van der Waals surface area (Å²) < 4.78 is 15.3. The summed E-state index contributed by atoms with van der Waals surface area (Å²) >= 11 is 0. The van der Waals surface area contributed by atoms with E-state index < -0.39 is 7.14 Å². The fourth-order valence-electron chi connectivity index (χ4n) is 16.0. The summed E-state index contributed by atoms with van der Waals surface area (Å²) in [6.45, 7) is 13.6. The van der Waals surface area contributed by atoms with Crippen LogP contribution in [-0.2, 0) is 15.4 Å². The zero-order valence-electron chi connectivity index (χ0n) is 39.8. The lowest BCUT2D eigenvalue weighted by molar-refractivity contribution is -0.199. The molecule has 8 aromatic carbocycles. The number of aryl methyl sites for hydroxylation is 6. The molecule has 0 N–H and O–H groups in total. The first kappa shape index (κ1) is 41.2. The molecule has 0 amide bonds. The maximum atomic E-state index is 15.3. The van der Waals surface area contributed by atoms with E-state index >= 15 is 4.57 Å². The van der Waals surface area contributed by atoms with E-state index in [9.17, 15) is 0 Å². The van der Waals surface area contributed by atoms with Gasteiger partial charge in [-0.3, -0.25) is 0 Å². The van der Waals surface area contributed by atoms with Gasteiger partial charge in [-0.2, -0.15) is 0 Å². The maximum absolute atomic E-state index is 15.3. The molecule has 4 fully saturated rings. The van der Waals surface area contributed by atoms with Crippen molar-refractivity contribution < 1.29 is 4.57 Å². The molecule has 0 saturated heterocycles. The zero-order chi connectivity index (χ0) is 45.6. The van der Waals surface area contributed by atoms with Gasteiger partial charge in [-0.15, -0.1) is 0 Å². The quantitative estimate of drug-likeness (QED) is 0.110. The van der Waals surface area contributed by atoms with E-state index in [1.165, 1.54) is 110 Å². The first-order chi connectivity index (χ1) is 32.4. The largest absolute Gasteiger partial charge is 0.309 e. The van der Waals surface area contributed by atoms with Crippen molar-refractivity contribution in [3.05, 3.63) is 231 Å². The van der Waals surface area contributed by atoms with Crippen LogP contribution in [0.15, 0.2) is 170 Å². The molecule has 1 spiro atoms. The van der Waals surface area contributed by atoms with E-state index in [1.54, 1.807) is 5.56 Å². The molecule has 4 aliphatic carbocycles. The van der Waals surface area contributed by atoms with Gasteiger partial charge in [0.25, 0.3) is 0 Å². The van der Waals surface area contributed by atoms with E-state index in [-0.39, 0.29) is 16.7 Å². The molecule has 5 unspecified atom stereocenters. The lowest BCUT2D eigenvalue weighted by Gasteiger charge is -2.73. The second kappa shape index (κ2) is 14.5. The van der Waals surface area contributed by atoms with E-state index in [0.29, 0.717) is 5.41 Å². The molecule has 5 atom stereocenters. The van der Waals surface area contributed by atoms with Gasteiger partial charge in [0, 0.05) is 27.2 Å². The average molecular weight is 887 g/mol. The van der Waals surface area contributed by atoms with Crippen LogP contribution in [0.1, 0.15) is 99.2 Å². The highest BCUT2D eigenvalue weighted by Crippen LogP contribution is 2.89. The van der Waals surface area contributed by atoms with E-state index in [0.717, 1.165) is 38.9 Å². The molecular weight excluding hydrogens is 828 g/mol. The molecule has 0 radical (unpaired) electrons. The van der Waals surface area contributed by atoms with Crippen molar-refractivity contribution in [3.8, 4) is 33.4 Å². The van der Waals surface area contributed by atoms with Crippen molar-refractivity contribution in [2.75, 3.05) is 0 Å². The van der Waals surface area contributed by atoms with Crippen molar-refractivity contribution in [1.29, 1.82) is 0 Å². The van der Waals surface area contributed by atoms with Crippen LogP contribution in [0.4, 0.5) is 0 Å². The lowest BCUT2D eigenvalue weighted by atomic mass is 9.30. The molecule has 0 aromatic heterocycles. The standard InChI is InChI=1S/C65H59OP/c1-40-29-42(3)60(43(4)30-40)62(61-44(5)31-41(2)32-45(61)6)50-16-12-15-49(34-50)48-14-11-13-47(33-48)46-21-23-52(24-22-46)64-37-54-35-53-36-63(38-64,39-65(53,54)64)51-25-27-55(28-26-51)67(66)58-19-9-7-17-56(58)57-18-8-10-20-59(57)67/h7-34,53-54,62H,35-39H2,1-6H3. The van der Waals surface area contributed by atoms with Crippen LogP contribution in [0.5, 0.6) is 0 Å². The molecule has 2 bridgehead atoms. The van der Waals surface area contributed by atoms with E-state index in [2.05, 4.69) is 199 Å². The Bertz CT molecular complexity index is 3260. The molecule has 67 heavy (non-hydrogen) atoms. The fraction of sp³-hybridized carbons (Fsp3) is 0.262. The molecule has 1 aliphatic heterocycles. The van der Waals surface area contributed by atoms with Gasteiger partial charge in [-0.1, -0.05) is 175 Å². The SMILES string of the molecule is Cc1cc(C)c(C(c2cccc(-c3cccc(-c4ccc(C56CC7CC8CC(c9ccc(P%10(=O)c%11ccccc%11-c%11ccccc%11%10)cc9)(C5)CC876)cc4)c3)c2)c2c(C)cc(C)cc2C)c(C)c1. The zero-order valence-corrected chi connectivity index (χ0v) is 40.7. The van der Waals surface area contributed by atoms with E-state index in [4.69, 9.17) is 0 Å². The van der Waals surface area contributed by atoms with Gasteiger partial charge in [0.15, 0.2) is 7.14 Å². The van der Waals surface area contributed by atoms with Gasteiger partial charge < -0.3 is 4.57 Å². The second-order valence-corrected chi connectivity index (χ2v) is 24.5. The number of hydrogen-bond donors (Lipinski definition) is 0. The first-order valence-corrected chi connectivity index (χ1v) is 26.5. The Balaban J connectivity index is 0.805. The summed E-state index contributed by atoms with van der Waals surface area (Å²) in [6.07, 6.45) is 6.54. The minimum absolute atomic E-state index is 0.140. The van der Waals surface area contributed by atoms with Crippen LogP contribution in [0, 0.1) is 58.8 Å². The normalized spacial score (nSPS) is 24.5. The van der Waals surface area contributed by atoms with Crippen LogP contribution >= 0.6 is 7.14 Å². The van der Waals surface area contributed by atoms with Crippen LogP contribution in [-0.4, -0.2) is 0 Å². The van der Waals surface area contributed by atoms with E-state index in [1.807, 2.05) is 12.1 Å². The smallest absolute Gasteiger partial charge is 0.172 e. The molecule has 1 heterocycles. The summed E-state index contributed by atoms with van der Waals surface area (Å²) in [4.78, 5) is 0. The van der Waals surface area contributed by atoms with Gasteiger partial charge in [-0.25, -0.2) is 0 Å². The molecule has 13 rings (SSSR count). The number of benzene rings is 8. The molecule has 2 heteroatoms. The Hall–Kier alpha value is -6.01. The highest BCUT2D eigenvalue weighted by atomic mass is 31.2. The first-order valence-electron chi connectivity index (χ1n) is 24.8. The maximum Gasteiger partial charge on any atom is 0.172 e. The average Bonchev–Trinajstić information content (AvgIpc) is 3.90. The van der Waals surface area contributed by atoms with Crippen molar-refractivity contribution >= 4 is 23.1 Å². The Morgan fingerprint density at radius 1 is 0.478 bits per heavy atom. The predicted octanol–water partition coefficient (Wildman–Crippen LogP) is 15.1. The summed E-state index contributed by atoms with van der Waals surface area (Å²) in [6, 6.07) is 63.8. The Kier molecular flexibility index (Phi) is 8.92. The Labute approximate surface area is 397 Å². The van der Waals surface area contributed by atoms with Crippen molar-refractivity contribution in [2.24, 2.45) is 17.3 Å². The topological polar surface area (TPSA) is 17.1 Å². The monoisotopic (exact) mass is 886 g/mol. The number of hydrogen-bond acceptors (Lipinski definition) is 1. The molecule has 330 valence electrons. The van der Waals surface area contributed by atoms with Gasteiger partial charge in [-0.05, 0) is 186 Å². The third kappa shape index (κ3) is 5.65. The molecule has 4 saturated carbocycles. The van der Waals surface area contributed by atoms with Crippen molar-refractivity contribution in [3.63, 3.8) is 0 Å². The highest BCUT2D eigenvalue weighted by Gasteiger charge is 2.84. The molecule has 5 aliphatic rings. The van der Waals surface area contributed by atoms with Crippen molar-refractivity contribution in [1.82, 2.24) is 0 Å². The van der Waals surface area contributed by atoms with Crippen LogP contribution in [0.3, 0.4) is 0 Å². The highest BCUT2D eigenvalue weighted by molar-refractivity contribution is 7.86. The van der Waals surface area contributed by atoms with Gasteiger partial charge in [0.05, 0.1) is 0 Å². The molecular formula is C65H59OP. The second-order valence-electron chi connectivity index (χ2n) is 21.8. The van der Waals surface area contributed by atoms with Crippen LogP contribution in [0.2, 0.25) is 0 Å². The summed E-state index contributed by atoms with van der Waals surface area (Å²) in [5.41, 5.74) is 23.4. The summed E-state index contributed by atoms with van der Waals surface area (Å²) in [5.74, 6) is 1.80. The minimum atomic E-state index is -2.94. The third-order valence-corrected chi connectivity index (χ3v) is 21.4.